The van der Waals surface area contributed by atoms with Gasteiger partial charge in [0.05, 0.1) is 26.7 Å². The first-order valence-electron chi connectivity index (χ1n) is 29.1. The Labute approximate surface area is 478 Å². The molecule has 12 nitrogen and oxygen atoms in total. The molecule has 0 bridgehead atoms. The van der Waals surface area contributed by atoms with Crippen LogP contribution in [-0.2, 0) is 19.0 Å². The average Bonchev–Trinajstić information content (AvgIpc) is 3.63. The van der Waals surface area contributed by atoms with Crippen molar-refractivity contribution in [3.05, 3.63) is 59.7 Å². The number of nitrogens with zero attached hydrogens (tertiary/aromatic N) is 5. The van der Waals surface area contributed by atoms with Crippen molar-refractivity contribution >= 4 is 5.97 Å². The molecule has 0 amide bonds. The molecule has 454 valence electrons. The van der Waals surface area contributed by atoms with E-state index in [0.717, 1.165) is 72.0 Å². The van der Waals surface area contributed by atoms with Crippen LogP contribution in [0.3, 0.4) is 0 Å². The number of carbonyl (C=O) groups is 1. The first-order chi connectivity index (χ1) is 35.1. The molecule has 1 fully saturated rings. The minimum absolute atomic E-state index is 0. The molecule has 2 aromatic carbocycles. The Hall–Kier alpha value is -2.49. The first kappa shape index (κ1) is 78.7. The fourth-order valence-corrected chi connectivity index (χ4v) is 8.68. The number of nitrogens with one attached hydrogen (secondary N) is 1. The smallest absolute Gasteiger partial charge is 0.306 e. The van der Waals surface area contributed by atoms with Crippen molar-refractivity contribution < 1.29 is 19.0 Å². The summed E-state index contributed by atoms with van der Waals surface area (Å²) in [4.78, 5) is 22.9. The standard InChI is InChI=1S/C18H21N.C11H26N2.C10H23NO2.C9H20N2.C9H22N2.C7H14O2.CH4/c1-18(2,3)19-12-17-15-10-6-4-8-13(15)14-9-5-7-11-16(14)17;1-5-6-9-13(10-7-8-12)11(2,3)4;1-10(2,3)11(6-8-12-4)7-9-13-5;1-9(2,3)11-7-5-10(4)6-8-11;1-5-7-11(8-6-10)9(2,3)4;1-7(2,3)5-6(8)9-4;/h4-11,17,19H,12H2,1-3H3;5-10,12H2,1-4H3;6-9H2,1-5H3;5-8H2,1-4H3;5-8,10H2,1-4H3;5H2,1-4H3;1H4. The van der Waals surface area contributed by atoms with Crippen LogP contribution in [0.15, 0.2) is 48.5 Å². The Kier molecular flexibility index (Phi) is 40.7. The number of piperazine rings is 1. The van der Waals surface area contributed by atoms with Gasteiger partial charge in [-0.1, -0.05) is 97.0 Å². The van der Waals surface area contributed by atoms with Gasteiger partial charge in [-0.25, -0.2) is 0 Å². The zero-order chi connectivity index (χ0) is 59.0. The van der Waals surface area contributed by atoms with Gasteiger partial charge < -0.3 is 35.9 Å². The molecule has 0 aromatic heterocycles. The van der Waals surface area contributed by atoms with E-state index in [0.29, 0.717) is 23.4 Å². The van der Waals surface area contributed by atoms with Crippen molar-refractivity contribution in [2.75, 3.05) is 127 Å². The third-order valence-corrected chi connectivity index (χ3v) is 13.4. The molecular weight excluding hydrogens is 957 g/mol. The van der Waals surface area contributed by atoms with Crippen LogP contribution >= 0.6 is 0 Å². The number of esters is 1. The van der Waals surface area contributed by atoms with Gasteiger partial charge in [0.15, 0.2) is 0 Å². The van der Waals surface area contributed by atoms with Crippen LogP contribution in [0, 0.1) is 5.41 Å². The van der Waals surface area contributed by atoms with Crippen LogP contribution in [0.5, 0.6) is 0 Å². The van der Waals surface area contributed by atoms with Gasteiger partial charge >= 0.3 is 5.97 Å². The lowest BCUT2D eigenvalue weighted by atomic mass is 9.93. The maximum absolute atomic E-state index is 10.6. The predicted molar refractivity (Wildman–Crippen MR) is 339 cm³/mol. The Balaban J connectivity index is -0.000000868. The van der Waals surface area contributed by atoms with Gasteiger partial charge in [0.25, 0.3) is 0 Å². The van der Waals surface area contributed by atoms with E-state index in [1.807, 2.05) is 20.8 Å². The van der Waals surface area contributed by atoms with E-state index in [4.69, 9.17) is 20.9 Å². The Morgan fingerprint density at radius 2 is 1.00 bits per heavy atom. The van der Waals surface area contributed by atoms with Crippen molar-refractivity contribution in [3.8, 4) is 11.1 Å². The molecule has 1 aliphatic heterocycles. The second-order valence-corrected chi connectivity index (χ2v) is 26.9. The molecule has 1 heterocycles. The van der Waals surface area contributed by atoms with Crippen LogP contribution in [0.4, 0.5) is 0 Å². The van der Waals surface area contributed by atoms with Gasteiger partial charge in [0, 0.05) is 107 Å². The lowest BCUT2D eigenvalue weighted by molar-refractivity contribution is -0.142. The molecule has 4 rings (SSSR count). The third kappa shape index (κ3) is 37.2. The number of likely N-dealkylation sites (N-methyl/N-ethyl adjacent to an activating group) is 1. The molecule has 5 N–H and O–H groups in total. The molecule has 2 aliphatic rings. The van der Waals surface area contributed by atoms with Crippen molar-refractivity contribution in [1.29, 1.82) is 0 Å². The maximum Gasteiger partial charge on any atom is 0.306 e. The van der Waals surface area contributed by atoms with Gasteiger partial charge in [-0.05, 0) is 184 Å². The van der Waals surface area contributed by atoms with Gasteiger partial charge in [-0.3, -0.25) is 24.4 Å². The van der Waals surface area contributed by atoms with E-state index in [1.165, 1.54) is 81.3 Å². The van der Waals surface area contributed by atoms with Gasteiger partial charge in [-0.2, -0.15) is 0 Å². The minimum Gasteiger partial charge on any atom is -0.469 e. The number of methoxy groups -OCH3 is 3. The van der Waals surface area contributed by atoms with Gasteiger partial charge in [-0.15, -0.1) is 0 Å². The minimum atomic E-state index is -0.137. The molecule has 0 unspecified atom stereocenters. The summed E-state index contributed by atoms with van der Waals surface area (Å²) in [5.74, 6) is 0.342. The van der Waals surface area contributed by atoms with E-state index in [9.17, 15) is 4.79 Å². The number of fused-ring (bicyclic) bond motifs is 3. The van der Waals surface area contributed by atoms with Crippen LogP contribution < -0.4 is 16.8 Å². The van der Waals surface area contributed by atoms with Gasteiger partial charge in [0.2, 0.25) is 0 Å². The lowest BCUT2D eigenvalue weighted by Crippen LogP contribution is -2.52. The summed E-state index contributed by atoms with van der Waals surface area (Å²) in [7, 11) is 7.07. The summed E-state index contributed by atoms with van der Waals surface area (Å²) >= 11 is 0. The quantitative estimate of drug-likeness (QED) is 0.116. The SMILES string of the molecule is C.CC(C)(C)NCC1c2ccccc2-c2ccccc21.CCCCN(CCCN)C(C)(C)C.CCCN(CCN)C(C)(C)C.CN1CCN(C(C)(C)C)CC1.COC(=O)CC(C)(C)C.COCCN(CCOC)C(C)(C)C. The fraction of sp³-hybridized carbons (Fsp3) is 0.800. The molecule has 12 heteroatoms. The highest BCUT2D eigenvalue weighted by atomic mass is 16.5. The van der Waals surface area contributed by atoms with E-state index >= 15 is 0 Å². The molecule has 0 spiro atoms. The number of ether oxygens (including phenoxy) is 3. The summed E-state index contributed by atoms with van der Waals surface area (Å²) in [5, 5.41) is 3.65. The average molecular weight is 1090 g/mol. The molecule has 1 saturated heterocycles. The van der Waals surface area contributed by atoms with E-state index in [2.05, 4.69) is 208 Å². The predicted octanol–water partition coefficient (Wildman–Crippen LogP) is 12.5. The number of hydrogen-bond donors (Lipinski definition) is 3. The zero-order valence-electron chi connectivity index (χ0n) is 54.4. The molecule has 2 aromatic rings. The number of unbranched alkanes of at least 4 members (excludes halogenated alkanes) is 1. The summed E-state index contributed by atoms with van der Waals surface area (Å²) in [6.07, 6.45) is 5.37. The van der Waals surface area contributed by atoms with Gasteiger partial charge in [0.1, 0.15) is 0 Å². The molecule has 0 atom stereocenters. The molecule has 0 radical (unpaired) electrons. The van der Waals surface area contributed by atoms with Crippen molar-refractivity contribution in [2.24, 2.45) is 16.9 Å². The summed E-state index contributed by atoms with van der Waals surface area (Å²) < 4.78 is 14.6. The van der Waals surface area contributed by atoms with Crippen molar-refractivity contribution in [3.63, 3.8) is 0 Å². The maximum atomic E-state index is 10.6. The molecular formula is C65H130N8O4. The third-order valence-electron chi connectivity index (χ3n) is 13.4. The molecule has 0 saturated carbocycles. The van der Waals surface area contributed by atoms with E-state index in [1.54, 1.807) is 14.2 Å². The van der Waals surface area contributed by atoms with Crippen LogP contribution in [-0.4, -0.2) is 185 Å². The second-order valence-electron chi connectivity index (χ2n) is 26.9. The highest BCUT2D eigenvalue weighted by Crippen LogP contribution is 2.44. The van der Waals surface area contributed by atoms with Crippen molar-refractivity contribution in [1.82, 2.24) is 29.8 Å². The highest BCUT2D eigenvalue weighted by molar-refractivity contribution is 5.78. The van der Waals surface area contributed by atoms with Crippen LogP contribution in [0.2, 0.25) is 0 Å². The monoisotopic (exact) mass is 1090 g/mol. The van der Waals surface area contributed by atoms with Crippen LogP contribution in [0.1, 0.15) is 195 Å². The molecule has 1 aliphatic carbocycles. The zero-order valence-corrected chi connectivity index (χ0v) is 54.4. The first-order valence-corrected chi connectivity index (χ1v) is 29.1. The number of carbonyl (C=O) groups excluding carboxylic acids is 1. The topological polar surface area (TPSA) is 125 Å². The van der Waals surface area contributed by atoms with Crippen molar-refractivity contribution in [2.45, 2.75) is 212 Å². The Morgan fingerprint density at radius 1 is 0.584 bits per heavy atom. The molecule has 77 heavy (non-hydrogen) atoms. The fourth-order valence-electron chi connectivity index (χ4n) is 8.68. The lowest BCUT2D eigenvalue weighted by Gasteiger charge is -2.41. The normalized spacial score (nSPS) is 14.2. The highest BCUT2D eigenvalue weighted by Gasteiger charge is 2.29. The number of benzene rings is 2. The van der Waals surface area contributed by atoms with E-state index in [-0.39, 0.29) is 35.4 Å². The Morgan fingerprint density at radius 3 is 1.32 bits per heavy atom. The van der Waals surface area contributed by atoms with Crippen LogP contribution in [0.25, 0.3) is 11.1 Å². The van der Waals surface area contributed by atoms with E-state index < -0.39 is 0 Å². The largest absolute Gasteiger partial charge is 0.469 e. The number of nitrogens with two attached hydrogens (primary N) is 2. The second kappa shape index (κ2) is 39.8. The Bertz CT molecular complexity index is 1640. The number of rotatable bonds is 19. The summed E-state index contributed by atoms with van der Waals surface area (Å²) in [5.41, 5.74) is 18.1. The number of hydrogen-bond acceptors (Lipinski definition) is 12. The summed E-state index contributed by atoms with van der Waals surface area (Å²) in [6.45, 7) is 59.6. The summed E-state index contributed by atoms with van der Waals surface area (Å²) in [6, 6.07) is 17.6.